The minimum Gasteiger partial charge on any atom is -0.370 e. The number of aromatic nitrogens is 3. The monoisotopic (exact) mass is 388 g/mol. The number of ether oxygens (including phenoxy) is 1. The summed E-state index contributed by atoms with van der Waals surface area (Å²) in [6.45, 7) is 6.95. The van der Waals surface area contributed by atoms with Crippen molar-refractivity contribution in [2.45, 2.75) is 45.4 Å². The van der Waals surface area contributed by atoms with Crippen LogP contribution in [0.4, 0.5) is 0 Å². The number of fused-ring (bicyclic) bond motifs is 1. The highest BCUT2D eigenvalue weighted by atomic mass is 16.5. The Hall–Kier alpha value is -2.50. The molecule has 0 aliphatic carbocycles. The van der Waals surface area contributed by atoms with Gasteiger partial charge in [-0.25, -0.2) is 0 Å². The molecule has 0 spiro atoms. The number of aryl methyl sites for hydroxylation is 1. The summed E-state index contributed by atoms with van der Waals surface area (Å²) in [6.07, 6.45) is 3.26. The first kappa shape index (κ1) is 18.5. The number of hydrogen-bond donors (Lipinski definition) is 0. The molecule has 5 rings (SSSR count). The Morgan fingerprint density at radius 3 is 2.83 bits per heavy atom. The van der Waals surface area contributed by atoms with Gasteiger partial charge in [0.15, 0.2) is 5.82 Å². The van der Waals surface area contributed by atoms with Gasteiger partial charge in [-0.05, 0) is 48.1 Å². The highest BCUT2D eigenvalue weighted by molar-refractivity contribution is 5.67. The number of hydrogen-bond acceptors (Lipinski definition) is 4. The van der Waals surface area contributed by atoms with Gasteiger partial charge in [0.2, 0.25) is 0 Å². The van der Waals surface area contributed by atoms with Crippen molar-refractivity contribution in [2.24, 2.45) is 0 Å². The lowest BCUT2D eigenvalue weighted by Crippen LogP contribution is -2.27. The second kappa shape index (κ2) is 8.09. The van der Waals surface area contributed by atoms with Crippen LogP contribution in [-0.2, 0) is 24.2 Å². The van der Waals surface area contributed by atoms with E-state index >= 15 is 0 Å². The van der Waals surface area contributed by atoms with E-state index in [1.807, 2.05) is 0 Å². The normalized spacial score (nSPS) is 19.8. The zero-order valence-electron chi connectivity index (χ0n) is 17.1. The third-order valence-electron chi connectivity index (χ3n) is 6.15. The second-order valence-corrected chi connectivity index (χ2v) is 8.17. The molecule has 2 aromatic carbocycles. The molecule has 0 N–H and O–H groups in total. The average Bonchev–Trinajstić information content (AvgIpc) is 3.36. The van der Waals surface area contributed by atoms with Crippen molar-refractivity contribution in [3.05, 3.63) is 71.3 Å². The predicted molar refractivity (Wildman–Crippen MR) is 114 cm³/mol. The van der Waals surface area contributed by atoms with E-state index in [-0.39, 0.29) is 6.10 Å². The molecule has 0 bridgehead atoms. The lowest BCUT2D eigenvalue weighted by Gasteiger charge is -2.20. The summed E-state index contributed by atoms with van der Waals surface area (Å²) in [5.41, 5.74) is 5.30. The fraction of sp³-hybridized carbons (Fsp3) is 0.417. The van der Waals surface area contributed by atoms with E-state index in [2.05, 4.69) is 75.1 Å². The van der Waals surface area contributed by atoms with E-state index in [0.29, 0.717) is 0 Å². The molecule has 5 nitrogen and oxygen atoms in total. The maximum absolute atomic E-state index is 5.85. The Morgan fingerprint density at radius 2 is 1.97 bits per heavy atom. The summed E-state index contributed by atoms with van der Waals surface area (Å²) in [7, 11) is 0. The summed E-state index contributed by atoms with van der Waals surface area (Å²) >= 11 is 0. The molecule has 1 atom stereocenters. The fourth-order valence-electron chi connectivity index (χ4n) is 4.56. The van der Waals surface area contributed by atoms with Crippen LogP contribution in [0.5, 0.6) is 0 Å². The largest absolute Gasteiger partial charge is 0.370 e. The lowest BCUT2D eigenvalue weighted by molar-refractivity contribution is 0.101. The highest BCUT2D eigenvalue weighted by Gasteiger charge is 2.27. The van der Waals surface area contributed by atoms with Crippen LogP contribution >= 0.6 is 0 Å². The maximum atomic E-state index is 5.85. The molecule has 3 aromatic rings. The van der Waals surface area contributed by atoms with E-state index < -0.39 is 0 Å². The molecule has 1 aromatic heterocycles. The van der Waals surface area contributed by atoms with Crippen LogP contribution in [0.25, 0.3) is 11.1 Å². The molecule has 2 aliphatic heterocycles. The molecule has 1 saturated heterocycles. The van der Waals surface area contributed by atoms with E-state index in [1.165, 1.54) is 22.3 Å². The van der Waals surface area contributed by atoms with Crippen molar-refractivity contribution in [1.29, 1.82) is 0 Å². The standard InChI is InChI=1S/C24H28N4O/c1-18-6-2-3-9-21(18)20-8-4-7-19(16-20)17-27-12-11-23-25-26-24(28(23)14-13-27)22-10-5-15-29-22/h2-4,6-9,16,22H,5,10-15,17H2,1H3/t22-/m1/s1. The number of benzene rings is 2. The second-order valence-electron chi connectivity index (χ2n) is 8.17. The molecule has 0 unspecified atom stereocenters. The van der Waals surface area contributed by atoms with Crippen molar-refractivity contribution in [1.82, 2.24) is 19.7 Å². The molecular formula is C24H28N4O. The molecule has 5 heteroatoms. The Balaban J connectivity index is 1.30. The van der Waals surface area contributed by atoms with Gasteiger partial charge < -0.3 is 9.30 Å². The van der Waals surface area contributed by atoms with E-state index in [0.717, 1.165) is 63.7 Å². The molecule has 1 fully saturated rings. The van der Waals surface area contributed by atoms with Gasteiger partial charge in [-0.1, -0.05) is 42.5 Å². The Bertz CT molecular complexity index is 990. The van der Waals surface area contributed by atoms with Crippen molar-refractivity contribution in [3.63, 3.8) is 0 Å². The number of rotatable bonds is 4. The van der Waals surface area contributed by atoms with Gasteiger partial charge in [0.1, 0.15) is 11.9 Å². The van der Waals surface area contributed by atoms with Crippen LogP contribution in [0.1, 0.15) is 41.7 Å². The molecule has 3 heterocycles. The topological polar surface area (TPSA) is 43.2 Å². The Labute approximate surface area is 172 Å². The van der Waals surface area contributed by atoms with Crippen molar-refractivity contribution >= 4 is 0 Å². The van der Waals surface area contributed by atoms with Gasteiger partial charge in [-0.3, -0.25) is 4.90 Å². The van der Waals surface area contributed by atoms with E-state index in [1.54, 1.807) is 0 Å². The van der Waals surface area contributed by atoms with Crippen molar-refractivity contribution < 1.29 is 4.74 Å². The van der Waals surface area contributed by atoms with Gasteiger partial charge in [-0.2, -0.15) is 0 Å². The highest BCUT2D eigenvalue weighted by Crippen LogP contribution is 2.29. The van der Waals surface area contributed by atoms with E-state index in [4.69, 9.17) is 4.74 Å². The average molecular weight is 389 g/mol. The summed E-state index contributed by atoms with van der Waals surface area (Å²) in [5.74, 6) is 2.13. The quantitative estimate of drug-likeness (QED) is 0.673. The van der Waals surface area contributed by atoms with Crippen LogP contribution in [-0.4, -0.2) is 39.4 Å². The van der Waals surface area contributed by atoms with Gasteiger partial charge in [0, 0.05) is 39.2 Å². The molecule has 0 saturated carbocycles. The summed E-state index contributed by atoms with van der Waals surface area (Å²) in [5, 5.41) is 8.93. The zero-order valence-corrected chi connectivity index (χ0v) is 17.1. The number of nitrogens with zero attached hydrogens (tertiary/aromatic N) is 4. The summed E-state index contributed by atoms with van der Waals surface area (Å²) < 4.78 is 8.16. The van der Waals surface area contributed by atoms with Crippen molar-refractivity contribution in [3.8, 4) is 11.1 Å². The first-order valence-electron chi connectivity index (χ1n) is 10.7. The summed E-state index contributed by atoms with van der Waals surface area (Å²) in [4.78, 5) is 2.53. The van der Waals surface area contributed by atoms with Gasteiger partial charge >= 0.3 is 0 Å². The molecule has 0 amide bonds. The molecule has 29 heavy (non-hydrogen) atoms. The van der Waals surface area contributed by atoms with Crippen LogP contribution < -0.4 is 0 Å². The molecule has 0 radical (unpaired) electrons. The van der Waals surface area contributed by atoms with Gasteiger partial charge in [-0.15, -0.1) is 10.2 Å². The third-order valence-corrected chi connectivity index (χ3v) is 6.15. The zero-order chi connectivity index (χ0) is 19.6. The lowest BCUT2D eigenvalue weighted by atomic mass is 9.99. The molecular weight excluding hydrogens is 360 g/mol. The van der Waals surface area contributed by atoms with Crippen LogP contribution in [0.15, 0.2) is 48.5 Å². The SMILES string of the molecule is Cc1ccccc1-c1cccc(CN2CCc3nnc([C@H]4CCCO4)n3CC2)c1. The summed E-state index contributed by atoms with van der Waals surface area (Å²) in [6, 6.07) is 17.6. The van der Waals surface area contributed by atoms with Crippen LogP contribution in [0, 0.1) is 6.92 Å². The molecule has 2 aliphatic rings. The van der Waals surface area contributed by atoms with Crippen LogP contribution in [0.2, 0.25) is 0 Å². The molecule has 150 valence electrons. The third kappa shape index (κ3) is 3.85. The van der Waals surface area contributed by atoms with E-state index in [9.17, 15) is 0 Å². The minimum atomic E-state index is 0.133. The predicted octanol–water partition coefficient (Wildman–Crippen LogP) is 4.16. The Kier molecular flexibility index (Phi) is 5.17. The van der Waals surface area contributed by atoms with Crippen molar-refractivity contribution in [2.75, 3.05) is 19.7 Å². The Morgan fingerprint density at radius 1 is 1.03 bits per heavy atom. The fourth-order valence-corrected chi connectivity index (χ4v) is 4.56. The smallest absolute Gasteiger partial charge is 0.162 e. The van der Waals surface area contributed by atoms with Crippen LogP contribution in [0.3, 0.4) is 0 Å². The maximum Gasteiger partial charge on any atom is 0.162 e. The first-order valence-corrected chi connectivity index (χ1v) is 10.7. The minimum absolute atomic E-state index is 0.133. The first-order chi connectivity index (χ1) is 14.3. The van der Waals surface area contributed by atoms with Gasteiger partial charge in [0.25, 0.3) is 0 Å². The van der Waals surface area contributed by atoms with Gasteiger partial charge in [0.05, 0.1) is 0 Å².